The lowest BCUT2D eigenvalue weighted by atomic mass is 9.88. The molecule has 1 fully saturated rings. The van der Waals surface area contributed by atoms with Gasteiger partial charge in [0.25, 0.3) is 5.69 Å². The lowest BCUT2D eigenvalue weighted by Crippen LogP contribution is -2.55. The maximum atomic E-state index is 12.5. The number of methoxy groups -OCH3 is 1. The van der Waals surface area contributed by atoms with Crippen molar-refractivity contribution >= 4 is 33.5 Å². The number of carbonyl (C=O) groups is 2. The average molecular weight is 415 g/mol. The normalized spacial score (nSPS) is 19.9. The van der Waals surface area contributed by atoms with E-state index >= 15 is 0 Å². The number of rotatable bonds is 6. The van der Waals surface area contributed by atoms with Crippen molar-refractivity contribution in [2.75, 3.05) is 20.3 Å². The number of carbonyl (C=O) groups excluding carboxylic acids is 2. The molecule has 8 nitrogen and oxygen atoms in total. The van der Waals surface area contributed by atoms with Crippen LogP contribution in [0.3, 0.4) is 0 Å². The van der Waals surface area contributed by atoms with E-state index in [1.807, 2.05) is 0 Å². The molecule has 9 heteroatoms. The van der Waals surface area contributed by atoms with Crippen LogP contribution in [0.25, 0.3) is 0 Å². The molecule has 1 amide bonds. The van der Waals surface area contributed by atoms with Crippen molar-refractivity contribution in [2.24, 2.45) is 0 Å². The Kier molecular flexibility index (Phi) is 6.49. The van der Waals surface area contributed by atoms with E-state index in [9.17, 15) is 19.7 Å². The van der Waals surface area contributed by atoms with Crippen molar-refractivity contribution in [3.05, 3.63) is 38.3 Å². The van der Waals surface area contributed by atoms with Crippen molar-refractivity contribution in [1.29, 1.82) is 0 Å². The smallest absolute Gasteiger partial charge is 0.307 e. The van der Waals surface area contributed by atoms with E-state index in [0.29, 0.717) is 23.1 Å². The monoisotopic (exact) mass is 414 g/mol. The number of non-ortho nitro benzene ring substituents is 1. The molecule has 0 aromatic heterocycles. The van der Waals surface area contributed by atoms with Gasteiger partial charge in [-0.1, -0.05) is 22.0 Å². The summed E-state index contributed by atoms with van der Waals surface area (Å²) in [4.78, 5) is 34.4. The Morgan fingerprint density at radius 2 is 2.24 bits per heavy atom. The van der Waals surface area contributed by atoms with Gasteiger partial charge in [0.15, 0.2) is 0 Å². The van der Waals surface area contributed by atoms with Gasteiger partial charge in [-0.3, -0.25) is 19.7 Å². The van der Waals surface area contributed by atoms with Crippen LogP contribution in [0.5, 0.6) is 0 Å². The molecule has 1 heterocycles. The molecule has 0 bridgehead atoms. The van der Waals surface area contributed by atoms with Crippen molar-refractivity contribution < 1.29 is 24.0 Å². The van der Waals surface area contributed by atoms with E-state index in [0.717, 1.165) is 6.42 Å². The number of nitrogens with zero attached hydrogens (tertiary/aromatic N) is 1. The fourth-order valence-electron chi connectivity index (χ4n) is 2.79. The van der Waals surface area contributed by atoms with Crippen LogP contribution in [0.1, 0.15) is 24.8 Å². The molecule has 0 saturated carbocycles. The number of benzene rings is 1. The Bertz CT molecular complexity index is 673. The highest BCUT2D eigenvalue weighted by atomic mass is 79.9. The Balaban J connectivity index is 2.08. The summed E-state index contributed by atoms with van der Waals surface area (Å²) in [5, 5.41) is 13.7. The summed E-state index contributed by atoms with van der Waals surface area (Å²) in [5.74, 6) is -0.703. The van der Waals surface area contributed by atoms with Gasteiger partial charge in [-0.05, 0) is 18.4 Å². The van der Waals surface area contributed by atoms with E-state index in [1.54, 1.807) is 0 Å². The topological polar surface area (TPSA) is 108 Å². The van der Waals surface area contributed by atoms with Gasteiger partial charge in [-0.25, -0.2) is 0 Å². The zero-order valence-electron chi connectivity index (χ0n) is 13.7. The number of nitrogens with one attached hydrogen (secondary N) is 1. The highest BCUT2D eigenvalue weighted by molar-refractivity contribution is 9.10. The first-order chi connectivity index (χ1) is 11.8. The molecule has 25 heavy (non-hydrogen) atoms. The predicted molar refractivity (Wildman–Crippen MR) is 92.1 cm³/mol. The summed E-state index contributed by atoms with van der Waals surface area (Å²) < 4.78 is 10.6. The van der Waals surface area contributed by atoms with Gasteiger partial charge in [-0.2, -0.15) is 0 Å². The van der Waals surface area contributed by atoms with Crippen LogP contribution in [0.15, 0.2) is 22.7 Å². The van der Waals surface area contributed by atoms with Crippen LogP contribution in [0.2, 0.25) is 0 Å². The molecule has 1 aliphatic heterocycles. The average Bonchev–Trinajstić information content (AvgIpc) is 2.57. The highest BCUT2D eigenvalue weighted by Gasteiger charge is 2.37. The summed E-state index contributed by atoms with van der Waals surface area (Å²) in [6, 6.07) is 4.24. The zero-order chi connectivity index (χ0) is 18.4. The van der Waals surface area contributed by atoms with Crippen LogP contribution < -0.4 is 5.32 Å². The second-order valence-electron chi connectivity index (χ2n) is 5.95. The first-order valence-corrected chi connectivity index (χ1v) is 8.53. The maximum Gasteiger partial charge on any atom is 0.307 e. The van der Waals surface area contributed by atoms with E-state index in [1.165, 1.54) is 25.3 Å². The molecule has 1 aromatic carbocycles. The van der Waals surface area contributed by atoms with E-state index in [2.05, 4.69) is 21.2 Å². The summed E-state index contributed by atoms with van der Waals surface area (Å²) in [6.45, 7) is 0.835. The quantitative estimate of drug-likeness (QED) is 0.433. The van der Waals surface area contributed by atoms with Crippen molar-refractivity contribution in [2.45, 2.75) is 31.2 Å². The number of nitro groups is 1. The van der Waals surface area contributed by atoms with E-state index in [-0.39, 0.29) is 31.0 Å². The van der Waals surface area contributed by atoms with Gasteiger partial charge >= 0.3 is 5.97 Å². The van der Waals surface area contributed by atoms with Gasteiger partial charge in [0.05, 0.1) is 37.0 Å². The van der Waals surface area contributed by atoms with E-state index < -0.39 is 16.4 Å². The second-order valence-corrected chi connectivity index (χ2v) is 6.80. The summed E-state index contributed by atoms with van der Waals surface area (Å²) in [6.07, 6.45) is 1.42. The number of hydrogen-bond donors (Lipinski definition) is 1. The number of esters is 1. The first kappa shape index (κ1) is 19.3. The molecule has 1 aliphatic rings. The van der Waals surface area contributed by atoms with Crippen molar-refractivity contribution in [3.8, 4) is 0 Å². The number of ether oxygens (including phenoxy) is 2. The Hall–Kier alpha value is -2.00. The second kappa shape index (κ2) is 8.39. The molecule has 136 valence electrons. The summed E-state index contributed by atoms with van der Waals surface area (Å²) in [5.41, 5.74) is -0.220. The molecular formula is C16H19BrN2O6. The Labute approximate surface area is 153 Å². The summed E-state index contributed by atoms with van der Waals surface area (Å²) >= 11 is 3.25. The minimum absolute atomic E-state index is 0.0293. The third kappa shape index (κ3) is 5.23. The lowest BCUT2D eigenvalue weighted by molar-refractivity contribution is -0.384. The zero-order valence-corrected chi connectivity index (χ0v) is 15.3. The van der Waals surface area contributed by atoms with E-state index in [4.69, 9.17) is 9.47 Å². The summed E-state index contributed by atoms with van der Waals surface area (Å²) in [7, 11) is 1.30. The van der Waals surface area contributed by atoms with Crippen molar-refractivity contribution in [1.82, 2.24) is 5.32 Å². The molecule has 0 unspecified atom stereocenters. The number of hydrogen-bond acceptors (Lipinski definition) is 6. The van der Waals surface area contributed by atoms with Gasteiger partial charge in [-0.15, -0.1) is 0 Å². The highest BCUT2D eigenvalue weighted by Crippen LogP contribution is 2.26. The molecule has 1 saturated heterocycles. The van der Waals surface area contributed by atoms with Crippen LogP contribution in [-0.2, 0) is 25.5 Å². The molecule has 2 rings (SSSR count). The van der Waals surface area contributed by atoms with Crippen LogP contribution in [-0.4, -0.2) is 42.7 Å². The van der Waals surface area contributed by atoms with Crippen LogP contribution >= 0.6 is 15.9 Å². The SMILES string of the molecule is COC(=O)C[C@@]1(NC(=O)Cc2ccc([N+](=O)[O-])cc2Br)CCCOC1. The fraction of sp³-hybridized carbons (Fsp3) is 0.500. The Morgan fingerprint density at radius 1 is 1.48 bits per heavy atom. The number of amides is 1. The molecule has 1 atom stereocenters. The molecule has 0 radical (unpaired) electrons. The molecular weight excluding hydrogens is 396 g/mol. The minimum atomic E-state index is -0.782. The number of nitro benzene ring substituents is 1. The van der Waals surface area contributed by atoms with Gasteiger partial charge in [0, 0.05) is 23.2 Å². The first-order valence-electron chi connectivity index (χ1n) is 7.74. The van der Waals surface area contributed by atoms with Crippen LogP contribution in [0, 0.1) is 10.1 Å². The third-order valence-corrected chi connectivity index (χ3v) is 4.77. The van der Waals surface area contributed by atoms with Crippen molar-refractivity contribution in [3.63, 3.8) is 0 Å². The number of halogens is 1. The standard InChI is InChI=1S/C16H19BrN2O6/c1-24-15(21)9-16(5-2-6-25-10-16)18-14(20)7-11-3-4-12(19(22)23)8-13(11)17/h3-4,8H,2,5-7,9-10H2,1H3,(H,18,20)/t16-/m0/s1. The largest absolute Gasteiger partial charge is 0.469 e. The van der Waals surface area contributed by atoms with Crippen LogP contribution in [0.4, 0.5) is 5.69 Å². The minimum Gasteiger partial charge on any atom is -0.469 e. The molecule has 1 N–H and O–H groups in total. The van der Waals surface area contributed by atoms with Gasteiger partial charge in [0.1, 0.15) is 0 Å². The van der Waals surface area contributed by atoms with Gasteiger partial charge < -0.3 is 14.8 Å². The molecule has 0 spiro atoms. The molecule has 1 aromatic rings. The maximum absolute atomic E-state index is 12.5. The Morgan fingerprint density at radius 3 is 2.80 bits per heavy atom. The van der Waals surface area contributed by atoms with Gasteiger partial charge in [0.2, 0.25) is 5.91 Å². The predicted octanol–water partition coefficient (Wildman–Crippen LogP) is 2.13. The third-order valence-electron chi connectivity index (χ3n) is 4.04. The lowest BCUT2D eigenvalue weighted by Gasteiger charge is -2.37. The molecule has 0 aliphatic carbocycles. The fourth-order valence-corrected chi connectivity index (χ4v) is 3.30.